The molecule has 0 aliphatic carbocycles. The van der Waals surface area contributed by atoms with Crippen molar-refractivity contribution in [2.24, 2.45) is 0 Å². The highest BCUT2D eigenvalue weighted by atomic mass is 35.5. The first-order valence-corrected chi connectivity index (χ1v) is 8.93. The fourth-order valence-corrected chi connectivity index (χ4v) is 3.22. The Hall–Kier alpha value is -2.97. The summed E-state index contributed by atoms with van der Waals surface area (Å²) in [6, 6.07) is 11.1. The first kappa shape index (κ1) is 18.8. The normalized spacial score (nSPS) is 10.4. The summed E-state index contributed by atoms with van der Waals surface area (Å²) in [5, 5.41) is 14.2. The van der Waals surface area contributed by atoms with E-state index in [2.05, 4.69) is 4.98 Å². The lowest BCUT2D eigenvalue weighted by molar-refractivity contribution is -0.385. The molecule has 0 fully saturated rings. The van der Waals surface area contributed by atoms with Gasteiger partial charge in [-0.2, -0.15) is 0 Å². The SMILES string of the molecule is COc1ccc(C(=O)OCc2csc(-c3ccc(Cl)cc3)n2)cc1[N+](=O)[O-]. The van der Waals surface area contributed by atoms with Gasteiger partial charge in [0.05, 0.1) is 23.3 Å². The summed E-state index contributed by atoms with van der Waals surface area (Å²) in [5.74, 6) is -0.606. The van der Waals surface area contributed by atoms with Crippen molar-refractivity contribution in [1.82, 2.24) is 4.98 Å². The van der Waals surface area contributed by atoms with Crippen molar-refractivity contribution >= 4 is 34.6 Å². The largest absolute Gasteiger partial charge is 0.490 e. The average molecular weight is 405 g/mol. The van der Waals surface area contributed by atoms with Gasteiger partial charge in [0.15, 0.2) is 5.75 Å². The van der Waals surface area contributed by atoms with Crippen LogP contribution in [0.2, 0.25) is 5.02 Å². The van der Waals surface area contributed by atoms with Crippen molar-refractivity contribution in [2.75, 3.05) is 7.11 Å². The molecule has 138 valence electrons. The Morgan fingerprint density at radius 1 is 1.26 bits per heavy atom. The molecule has 0 saturated heterocycles. The molecule has 1 aromatic heterocycles. The maximum absolute atomic E-state index is 12.2. The van der Waals surface area contributed by atoms with E-state index in [4.69, 9.17) is 21.1 Å². The second-order valence-electron chi connectivity index (χ2n) is 5.37. The minimum Gasteiger partial charge on any atom is -0.490 e. The molecule has 0 amide bonds. The predicted octanol–water partition coefficient (Wildman–Crippen LogP) is 4.74. The first-order valence-electron chi connectivity index (χ1n) is 7.68. The molecule has 0 unspecified atom stereocenters. The average Bonchev–Trinajstić information content (AvgIpc) is 3.15. The highest BCUT2D eigenvalue weighted by molar-refractivity contribution is 7.13. The van der Waals surface area contributed by atoms with Crippen molar-refractivity contribution in [3.05, 3.63) is 74.2 Å². The van der Waals surface area contributed by atoms with E-state index in [9.17, 15) is 14.9 Å². The molecule has 0 aliphatic heterocycles. The van der Waals surface area contributed by atoms with Crippen molar-refractivity contribution in [3.8, 4) is 16.3 Å². The number of carbonyl (C=O) groups excluding carboxylic acids is 1. The lowest BCUT2D eigenvalue weighted by Crippen LogP contribution is -2.06. The molecule has 0 aliphatic rings. The molecular formula is C18H13ClN2O5S. The Morgan fingerprint density at radius 2 is 2.00 bits per heavy atom. The van der Waals surface area contributed by atoms with Gasteiger partial charge in [-0.25, -0.2) is 9.78 Å². The quantitative estimate of drug-likeness (QED) is 0.335. The Labute approximate surface area is 163 Å². The van der Waals surface area contributed by atoms with Gasteiger partial charge in [-0.3, -0.25) is 10.1 Å². The number of esters is 1. The summed E-state index contributed by atoms with van der Waals surface area (Å²) >= 11 is 7.29. The van der Waals surface area contributed by atoms with E-state index in [0.717, 1.165) is 16.6 Å². The molecule has 0 atom stereocenters. The van der Waals surface area contributed by atoms with Gasteiger partial charge in [0.25, 0.3) is 0 Å². The fraction of sp³-hybridized carbons (Fsp3) is 0.111. The summed E-state index contributed by atoms with van der Waals surface area (Å²) in [5.41, 5.74) is 1.26. The van der Waals surface area contributed by atoms with Gasteiger partial charge in [0.2, 0.25) is 0 Å². The van der Waals surface area contributed by atoms with Crippen LogP contribution in [-0.2, 0) is 11.3 Å². The van der Waals surface area contributed by atoms with Gasteiger partial charge in [-0.1, -0.05) is 23.7 Å². The van der Waals surface area contributed by atoms with E-state index >= 15 is 0 Å². The van der Waals surface area contributed by atoms with Gasteiger partial charge < -0.3 is 9.47 Å². The second-order valence-corrected chi connectivity index (χ2v) is 6.67. The van der Waals surface area contributed by atoms with Crippen molar-refractivity contribution in [2.45, 2.75) is 6.61 Å². The number of hydrogen-bond donors (Lipinski definition) is 0. The van der Waals surface area contributed by atoms with Crippen LogP contribution in [0.1, 0.15) is 16.1 Å². The highest BCUT2D eigenvalue weighted by Crippen LogP contribution is 2.28. The van der Waals surface area contributed by atoms with E-state index in [1.54, 1.807) is 17.5 Å². The number of halogens is 1. The minimum absolute atomic E-state index is 0.0389. The maximum atomic E-state index is 12.2. The number of thiazole rings is 1. The van der Waals surface area contributed by atoms with E-state index in [1.807, 2.05) is 12.1 Å². The molecule has 0 N–H and O–H groups in total. The molecule has 3 rings (SSSR count). The molecule has 0 radical (unpaired) electrons. The van der Waals surface area contributed by atoms with Crippen LogP contribution in [0.15, 0.2) is 47.8 Å². The minimum atomic E-state index is -0.679. The number of nitro benzene ring substituents is 1. The number of ether oxygens (including phenoxy) is 2. The molecule has 27 heavy (non-hydrogen) atoms. The zero-order valence-corrected chi connectivity index (χ0v) is 15.6. The van der Waals surface area contributed by atoms with Crippen LogP contribution in [0.5, 0.6) is 5.75 Å². The Balaban J connectivity index is 1.68. The highest BCUT2D eigenvalue weighted by Gasteiger charge is 2.19. The van der Waals surface area contributed by atoms with Gasteiger partial charge >= 0.3 is 11.7 Å². The number of benzene rings is 2. The molecule has 1 heterocycles. The monoisotopic (exact) mass is 404 g/mol. The number of methoxy groups -OCH3 is 1. The van der Waals surface area contributed by atoms with Crippen LogP contribution >= 0.6 is 22.9 Å². The number of rotatable bonds is 6. The molecule has 0 spiro atoms. The summed E-state index contributed by atoms with van der Waals surface area (Å²) in [6.07, 6.45) is 0. The number of nitro groups is 1. The Morgan fingerprint density at radius 3 is 2.67 bits per heavy atom. The van der Waals surface area contributed by atoms with E-state index in [1.165, 1.54) is 30.6 Å². The number of nitrogens with zero attached hydrogens (tertiary/aromatic N) is 2. The third-order valence-electron chi connectivity index (χ3n) is 3.61. The van der Waals surface area contributed by atoms with E-state index in [-0.39, 0.29) is 23.6 Å². The van der Waals surface area contributed by atoms with Crippen LogP contribution in [0, 0.1) is 10.1 Å². The molecular weight excluding hydrogens is 392 g/mol. The third kappa shape index (κ3) is 4.42. The summed E-state index contributed by atoms with van der Waals surface area (Å²) in [6.45, 7) is -0.0389. The van der Waals surface area contributed by atoms with Crippen LogP contribution < -0.4 is 4.74 Å². The smallest absolute Gasteiger partial charge is 0.338 e. The lowest BCUT2D eigenvalue weighted by atomic mass is 10.2. The lowest BCUT2D eigenvalue weighted by Gasteiger charge is -2.05. The summed E-state index contributed by atoms with van der Waals surface area (Å²) in [4.78, 5) is 27.0. The van der Waals surface area contributed by atoms with Crippen LogP contribution in [0.25, 0.3) is 10.6 Å². The van der Waals surface area contributed by atoms with E-state index < -0.39 is 10.9 Å². The van der Waals surface area contributed by atoms with Crippen molar-refractivity contribution in [1.29, 1.82) is 0 Å². The molecule has 7 nitrogen and oxygen atoms in total. The molecule has 0 bridgehead atoms. The molecule has 9 heteroatoms. The standard InChI is InChI=1S/C18H13ClN2O5S/c1-25-16-7-4-12(8-15(16)21(23)24)18(22)26-9-14-10-27-17(20-14)11-2-5-13(19)6-3-11/h2-8,10H,9H2,1H3. The molecule has 2 aromatic carbocycles. The summed E-state index contributed by atoms with van der Waals surface area (Å²) < 4.78 is 10.1. The number of carbonyl (C=O) groups is 1. The van der Waals surface area contributed by atoms with Crippen molar-refractivity contribution in [3.63, 3.8) is 0 Å². The maximum Gasteiger partial charge on any atom is 0.338 e. The predicted molar refractivity (Wildman–Crippen MR) is 101 cm³/mol. The van der Waals surface area contributed by atoms with Crippen LogP contribution in [0.3, 0.4) is 0 Å². The third-order valence-corrected chi connectivity index (χ3v) is 4.80. The topological polar surface area (TPSA) is 91.6 Å². The molecule has 3 aromatic rings. The zero-order chi connectivity index (χ0) is 19.4. The second kappa shape index (κ2) is 8.15. The number of hydrogen-bond acceptors (Lipinski definition) is 7. The molecule has 0 saturated carbocycles. The fourth-order valence-electron chi connectivity index (χ4n) is 2.28. The van der Waals surface area contributed by atoms with Gasteiger partial charge in [-0.15, -0.1) is 11.3 Å². The zero-order valence-electron chi connectivity index (χ0n) is 14.0. The van der Waals surface area contributed by atoms with Crippen molar-refractivity contribution < 1.29 is 19.2 Å². The first-order chi connectivity index (χ1) is 13.0. The Kier molecular flexibility index (Phi) is 5.68. The van der Waals surface area contributed by atoms with Crippen LogP contribution in [0.4, 0.5) is 5.69 Å². The van der Waals surface area contributed by atoms with E-state index in [0.29, 0.717) is 10.7 Å². The van der Waals surface area contributed by atoms with Gasteiger partial charge in [0.1, 0.15) is 11.6 Å². The van der Waals surface area contributed by atoms with Gasteiger partial charge in [0, 0.05) is 22.0 Å². The van der Waals surface area contributed by atoms with Gasteiger partial charge in [-0.05, 0) is 24.3 Å². The van der Waals surface area contributed by atoms with Crippen LogP contribution in [-0.4, -0.2) is 23.0 Å². The Bertz CT molecular complexity index is 988. The number of aromatic nitrogens is 1. The summed E-state index contributed by atoms with van der Waals surface area (Å²) in [7, 11) is 1.32.